The topological polar surface area (TPSA) is 41.8 Å². The molecule has 0 radical (unpaired) electrons. The molecule has 2 aromatic heterocycles. The van der Waals surface area contributed by atoms with Gasteiger partial charge in [-0.1, -0.05) is 0 Å². The van der Waals surface area contributed by atoms with Crippen LogP contribution in [-0.2, 0) is 0 Å². The number of fused-ring (bicyclic) bond motifs is 3. The van der Waals surface area contributed by atoms with Gasteiger partial charge in [0.15, 0.2) is 5.58 Å². The second kappa shape index (κ2) is 2.13. The fourth-order valence-electron chi connectivity index (χ4n) is 1.72. The van der Waals surface area contributed by atoms with Crippen molar-refractivity contribution in [1.82, 2.24) is 10.1 Å². The molecule has 3 heteroatoms. The molecule has 0 aliphatic carbocycles. The number of nitrogens with one attached hydrogen (secondary N) is 1. The summed E-state index contributed by atoms with van der Waals surface area (Å²) < 4.78 is 5.27. The van der Waals surface area contributed by atoms with Crippen molar-refractivity contribution in [3.05, 3.63) is 30.1 Å². The van der Waals surface area contributed by atoms with Gasteiger partial charge in [0.05, 0.1) is 16.6 Å². The lowest BCUT2D eigenvalue weighted by molar-refractivity contribution is 0.450. The molecule has 0 saturated carbocycles. The molecule has 0 fully saturated rings. The number of aryl methyl sites for hydroxylation is 1. The first-order valence-electron chi connectivity index (χ1n) is 4.17. The Morgan fingerprint density at radius 1 is 1.31 bits per heavy atom. The molecular formula is C10H8N2O. The van der Waals surface area contributed by atoms with Gasteiger partial charge in [-0.25, -0.2) is 5.16 Å². The summed E-state index contributed by atoms with van der Waals surface area (Å²) in [5.74, 6) is 0. The van der Waals surface area contributed by atoms with Crippen LogP contribution in [0.3, 0.4) is 0 Å². The van der Waals surface area contributed by atoms with Gasteiger partial charge in [-0.3, -0.25) is 4.98 Å². The minimum atomic E-state index is 0.887. The lowest BCUT2D eigenvalue weighted by atomic mass is 10.1. The van der Waals surface area contributed by atoms with Crippen molar-refractivity contribution in [2.45, 2.75) is 6.92 Å². The molecule has 0 spiro atoms. The first kappa shape index (κ1) is 6.71. The van der Waals surface area contributed by atoms with Crippen LogP contribution in [0.1, 0.15) is 5.69 Å². The van der Waals surface area contributed by atoms with E-state index in [4.69, 9.17) is 4.52 Å². The molecule has 0 aliphatic heterocycles. The van der Waals surface area contributed by atoms with Gasteiger partial charge in [0.2, 0.25) is 0 Å². The third kappa shape index (κ3) is 0.758. The summed E-state index contributed by atoms with van der Waals surface area (Å²) in [5.41, 5.74) is 2.96. The van der Waals surface area contributed by atoms with Crippen LogP contribution < -0.4 is 0 Å². The monoisotopic (exact) mass is 172 g/mol. The number of nitrogens with zero attached hydrogens (tertiary/aromatic N) is 1. The third-order valence-electron chi connectivity index (χ3n) is 2.33. The van der Waals surface area contributed by atoms with Gasteiger partial charge in [-0.2, -0.15) is 0 Å². The number of aromatic nitrogens is 2. The lowest BCUT2D eigenvalue weighted by Gasteiger charge is -1.90. The molecule has 0 saturated heterocycles. The van der Waals surface area contributed by atoms with Gasteiger partial charge in [0.1, 0.15) is 0 Å². The van der Waals surface area contributed by atoms with Crippen LogP contribution in [0.15, 0.2) is 28.9 Å². The Balaban J connectivity index is 2.70. The first-order chi connectivity index (χ1) is 6.36. The summed E-state index contributed by atoms with van der Waals surface area (Å²) >= 11 is 0. The normalized spacial score (nSPS) is 11.5. The number of benzene rings is 1. The molecule has 2 heterocycles. The van der Waals surface area contributed by atoms with Gasteiger partial charge in [-0.15, -0.1) is 0 Å². The first-order valence-corrected chi connectivity index (χ1v) is 4.17. The Labute approximate surface area is 74.3 Å². The van der Waals surface area contributed by atoms with Gasteiger partial charge in [0.25, 0.3) is 0 Å². The van der Waals surface area contributed by atoms with E-state index in [2.05, 4.69) is 10.1 Å². The van der Waals surface area contributed by atoms with Crippen molar-refractivity contribution < 1.29 is 4.52 Å². The highest BCUT2D eigenvalue weighted by molar-refractivity contribution is 6.05. The van der Waals surface area contributed by atoms with E-state index in [1.54, 1.807) is 0 Å². The van der Waals surface area contributed by atoms with E-state index in [-0.39, 0.29) is 0 Å². The second-order valence-electron chi connectivity index (χ2n) is 3.15. The van der Waals surface area contributed by atoms with Crippen LogP contribution in [-0.4, -0.2) is 10.1 Å². The molecule has 0 bridgehead atoms. The molecule has 13 heavy (non-hydrogen) atoms. The summed E-state index contributed by atoms with van der Waals surface area (Å²) in [6.07, 6.45) is 1.82. The fraction of sp³-hybridized carbons (Fsp3) is 0.100. The summed E-state index contributed by atoms with van der Waals surface area (Å²) in [6, 6.07) is 5.91. The number of aromatic amines is 1. The van der Waals surface area contributed by atoms with Crippen molar-refractivity contribution in [2.75, 3.05) is 0 Å². The highest BCUT2D eigenvalue weighted by Crippen LogP contribution is 2.26. The zero-order valence-corrected chi connectivity index (χ0v) is 7.16. The molecule has 3 rings (SSSR count). The van der Waals surface area contributed by atoms with Crippen LogP contribution >= 0.6 is 0 Å². The Bertz CT molecular complexity index is 577. The number of H-pyrrole nitrogens is 1. The summed E-state index contributed by atoms with van der Waals surface area (Å²) in [7, 11) is 0. The van der Waals surface area contributed by atoms with Crippen molar-refractivity contribution in [3.63, 3.8) is 0 Å². The Hall–Kier alpha value is -1.77. The molecular weight excluding hydrogens is 164 g/mol. The van der Waals surface area contributed by atoms with E-state index < -0.39 is 0 Å². The summed E-state index contributed by atoms with van der Waals surface area (Å²) in [6.45, 7) is 2.00. The second-order valence-corrected chi connectivity index (χ2v) is 3.15. The maximum absolute atomic E-state index is 5.27. The van der Waals surface area contributed by atoms with E-state index >= 15 is 0 Å². The van der Waals surface area contributed by atoms with Gasteiger partial charge >= 0.3 is 0 Å². The molecule has 1 aromatic carbocycles. The van der Waals surface area contributed by atoms with Crippen molar-refractivity contribution in [2.24, 2.45) is 0 Å². The van der Waals surface area contributed by atoms with E-state index in [1.807, 2.05) is 31.3 Å². The number of rotatable bonds is 0. The highest BCUT2D eigenvalue weighted by atomic mass is 16.5. The van der Waals surface area contributed by atoms with Gasteiger partial charge in [0, 0.05) is 11.6 Å². The minimum absolute atomic E-state index is 0.887. The molecule has 0 aliphatic rings. The van der Waals surface area contributed by atoms with Crippen molar-refractivity contribution in [3.8, 4) is 0 Å². The third-order valence-corrected chi connectivity index (χ3v) is 2.33. The zero-order chi connectivity index (χ0) is 8.84. The maximum atomic E-state index is 5.27. The summed E-state index contributed by atoms with van der Waals surface area (Å²) in [5, 5.41) is 5.14. The predicted molar refractivity (Wildman–Crippen MR) is 50.6 cm³/mol. The van der Waals surface area contributed by atoms with Crippen LogP contribution in [0, 0.1) is 6.92 Å². The van der Waals surface area contributed by atoms with E-state index in [0.717, 1.165) is 27.6 Å². The Morgan fingerprint density at radius 3 is 3.15 bits per heavy atom. The molecule has 1 N–H and O–H groups in total. The van der Waals surface area contributed by atoms with Crippen molar-refractivity contribution in [1.29, 1.82) is 0 Å². The lowest BCUT2D eigenvalue weighted by Crippen LogP contribution is -1.72. The Morgan fingerprint density at radius 2 is 2.23 bits per heavy atom. The Kier molecular flexibility index (Phi) is 1.10. The predicted octanol–water partition coefficient (Wildman–Crippen LogP) is 2.62. The maximum Gasteiger partial charge on any atom is 0.164 e. The van der Waals surface area contributed by atoms with Crippen LogP contribution in [0.4, 0.5) is 0 Å². The molecule has 0 unspecified atom stereocenters. The molecule has 0 atom stereocenters. The average Bonchev–Trinajstić information content (AvgIpc) is 2.70. The molecule has 0 amide bonds. The SMILES string of the molecule is Cc1[nH]oc2ccc3nccc3c12. The quantitative estimate of drug-likeness (QED) is 0.566. The van der Waals surface area contributed by atoms with E-state index in [1.165, 1.54) is 0 Å². The van der Waals surface area contributed by atoms with Crippen molar-refractivity contribution >= 4 is 21.9 Å². The van der Waals surface area contributed by atoms with Gasteiger partial charge in [-0.05, 0) is 25.1 Å². The largest absolute Gasteiger partial charge is 0.382 e. The summed E-state index contributed by atoms with van der Waals surface area (Å²) in [4.78, 5) is 4.23. The van der Waals surface area contributed by atoms with E-state index in [0.29, 0.717) is 0 Å². The molecule has 3 aromatic rings. The molecule has 64 valence electrons. The fourth-order valence-corrected chi connectivity index (χ4v) is 1.72. The molecule has 3 nitrogen and oxygen atoms in total. The highest BCUT2D eigenvalue weighted by Gasteiger charge is 2.07. The van der Waals surface area contributed by atoms with Crippen LogP contribution in [0.25, 0.3) is 21.9 Å². The van der Waals surface area contributed by atoms with Crippen LogP contribution in [0.2, 0.25) is 0 Å². The van der Waals surface area contributed by atoms with Crippen LogP contribution in [0.5, 0.6) is 0 Å². The van der Waals surface area contributed by atoms with Gasteiger partial charge < -0.3 is 4.52 Å². The minimum Gasteiger partial charge on any atom is -0.382 e. The zero-order valence-electron chi connectivity index (χ0n) is 7.16. The smallest absolute Gasteiger partial charge is 0.164 e. The standard InChI is InChI=1S/C10H8N2O/c1-6-10-7-4-5-11-8(7)2-3-9(10)13-12-6/h2-5,12H,1H3. The average molecular weight is 172 g/mol. The van der Waals surface area contributed by atoms with E-state index in [9.17, 15) is 0 Å². The number of hydrogen-bond acceptors (Lipinski definition) is 2. The number of hydrogen-bond donors (Lipinski definition) is 1.